The van der Waals surface area contributed by atoms with Crippen molar-refractivity contribution in [2.24, 2.45) is 4.99 Å². The number of carbonyl (C=O) groups excluding carboxylic acids is 1. The lowest BCUT2D eigenvalue weighted by molar-refractivity contribution is 0.0597. The molecule has 1 aromatic carbocycles. The van der Waals surface area contributed by atoms with Crippen LogP contribution in [-0.2, 0) is 11.3 Å². The molecule has 1 fully saturated rings. The smallest absolute Gasteiger partial charge is 0.341 e. The molecule has 0 aromatic heterocycles. The molecule has 1 atom stereocenters. The number of hydrogen-bond acceptors (Lipinski definition) is 5. The molecule has 1 heterocycles. The molecule has 0 amide bonds. The molecule has 1 aliphatic rings. The van der Waals surface area contributed by atoms with Crippen LogP contribution < -0.4 is 15.4 Å². The molecule has 2 rings (SSSR count). The molecule has 1 unspecified atom stereocenters. The van der Waals surface area contributed by atoms with Crippen molar-refractivity contribution in [3.8, 4) is 5.75 Å². The molecule has 1 saturated heterocycles. The van der Waals surface area contributed by atoms with Gasteiger partial charge in [0, 0.05) is 19.1 Å². The van der Waals surface area contributed by atoms with Gasteiger partial charge < -0.3 is 20.1 Å². The van der Waals surface area contributed by atoms with Crippen LogP contribution in [0.2, 0.25) is 0 Å². The minimum absolute atomic E-state index is 0. The third kappa shape index (κ3) is 6.80. The molecule has 28 heavy (non-hydrogen) atoms. The summed E-state index contributed by atoms with van der Waals surface area (Å²) in [6.07, 6.45) is 2.48. The quantitative estimate of drug-likeness (QED) is 0.246. The van der Waals surface area contributed by atoms with Crippen LogP contribution in [0.1, 0.15) is 42.6 Å². The summed E-state index contributed by atoms with van der Waals surface area (Å²) in [5.41, 5.74) is 1.33. The van der Waals surface area contributed by atoms with Crippen LogP contribution in [0.5, 0.6) is 5.75 Å². The van der Waals surface area contributed by atoms with E-state index in [4.69, 9.17) is 9.47 Å². The Labute approximate surface area is 185 Å². The Kier molecular flexibility index (Phi) is 11.2. The average Bonchev–Trinajstić information content (AvgIpc) is 3.16. The second-order valence-electron chi connectivity index (χ2n) is 6.53. The first-order valence-corrected chi connectivity index (χ1v) is 9.64. The van der Waals surface area contributed by atoms with E-state index in [1.165, 1.54) is 33.6 Å². The van der Waals surface area contributed by atoms with E-state index in [2.05, 4.69) is 27.4 Å². The van der Waals surface area contributed by atoms with Gasteiger partial charge in [0.15, 0.2) is 5.96 Å². The fourth-order valence-corrected chi connectivity index (χ4v) is 3.39. The van der Waals surface area contributed by atoms with E-state index >= 15 is 0 Å². The van der Waals surface area contributed by atoms with Gasteiger partial charge in [0.2, 0.25) is 0 Å². The van der Waals surface area contributed by atoms with Crippen molar-refractivity contribution in [1.82, 2.24) is 15.5 Å². The monoisotopic (exact) mass is 504 g/mol. The normalized spacial score (nSPS) is 17.0. The molecule has 0 radical (unpaired) electrons. The molecule has 0 bridgehead atoms. The highest BCUT2D eigenvalue weighted by Crippen LogP contribution is 2.21. The zero-order chi connectivity index (χ0) is 19.6. The van der Waals surface area contributed by atoms with E-state index in [9.17, 15) is 4.79 Å². The van der Waals surface area contributed by atoms with Crippen LogP contribution >= 0.6 is 24.0 Å². The van der Waals surface area contributed by atoms with Crippen molar-refractivity contribution < 1.29 is 14.3 Å². The number of likely N-dealkylation sites (N-methyl/N-ethyl adjacent to an activating group) is 1. The second kappa shape index (κ2) is 12.8. The first kappa shape index (κ1) is 24.5. The number of ether oxygens (including phenoxy) is 2. The van der Waals surface area contributed by atoms with E-state index in [1.807, 2.05) is 13.0 Å². The number of halogens is 1. The largest absolute Gasteiger partial charge is 0.496 e. The van der Waals surface area contributed by atoms with Gasteiger partial charge in [-0.15, -0.1) is 24.0 Å². The van der Waals surface area contributed by atoms with Crippen molar-refractivity contribution in [3.63, 3.8) is 0 Å². The number of aliphatic imine (C=N–C) groups is 1. The molecule has 1 aromatic rings. The summed E-state index contributed by atoms with van der Waals surface area (Å²) in [5.74, 6) is 0.875. The molecule has 2 N–H and O–H groups in total. The summed E-state index contributed by atoms with van der Waals surface area (Å²) in [4.78, 5) is 19.1. The van der Waals surface area contributed by atoms with Crippen molar-refractivity contribution in [1.29, 1.82) is 0 Å². The SMILES string of the molecule is CCNC(=NCc1ccc(OC)c(C(=O)OC)c1)NCC1CCCN1CC.I. The lowest BCUT2D eigenvalue weighted by Gasteiger charge is -2.24. The van der Waals surface area contributed by atoms with Crippen LogP contribution in [-0.4, -0.2) is 63.3 Å². The van der Waals surface area contributed by atoms with Crippen molar-refractivity contribution in [3.05, 3.63) is 29.3 Å². The molecular formula is C20H33IN4O3. The number of hydrogen-bond donors (Lipinski definition) is 2. The standard InChI is InChI=1S/C20H32N4O3.HI/c1-5-21-20(23-14-16-8-7-11-24(16)6-2)22-13-15-9-10-18(26-3)17(12-15)19(25)27-4;/h9-10,12,16H,5-8,11,13-14H2,1-4H3,(H2,21,22,23);1H. The predicted molar refractivity (Wildman–Crippen MR) is 123 cm³/mol. The molecular weight excluding hydrogens is 471 g/mol. The van der Waals surface area contributed by atoms with Gasteiger partial charge in [-0.25, -0.2) is 9.79 Å². The highest BCUT2D eigenvalue weighted by molar-refractivity contribution is 14.0. The van der Waals surface area contributed by atoms with Crippen LogP contribution in [0.4, 0.5) is 0 Å². The van der Waals surface area contributed by atoms with E-state index < -0.39 is 5.97 Å². The zero-order valence-electron chi connectivity index (χ0n) is 17.3. The Morgan fingerprint density at radius 2 is 2.07 bits per heavy atom. The first-order chi connectivity index (χ1) is 13.1. The Balaban J connectivity index is 0.00000392. The third-order valence-corrected chi connectivity index (χ3v) is 4.84. The summed E-state index contributed by atoms with van der Waals surface area (Å²) < 4.78 is 10.1. The summed E-state index contributed by atoms with van der Waals surface area (Å²) >= 11 is 0. The lowest BCUT2D eigenvalue weighted by atomic mass is 10.1. The van der Waals surface area contributed by atoms with Gasteiger partial charge in [0.05, 0.1) is 20.8 Å². The maximum atomic E-state index is 11.9. The highest BCUT2D eigenvalue weighted by atomic mass is 127. The molecule has 158 valence electrons. The minimum atomic E-state index is -0.413. The topological polar surface area (TPSA) is 75.2 Å². The number of carbonyl (C=O) groups is 1. The number of esters is 1. The van der Waals surface area contributed by atoms with Crippen LogP contribution in [0.25, 0.3) is 0 Å². The Hall–Kier alpha value is -1.55. The predicted octanol–water partition coefficient (Wildman–Crippen LogP) is 2.64. The Morgan fingerprint density at radius 1 is 1.29 bits per heavy atom. The number of nitrogens with one attached hydrogen (secondary N) is 2. The number of benzene rings is 1. The minimum Gasteiger partial charge on any atom is -0.496 e. The van der Waals surface area contributed by atoms with Crippen molar-refractivity contribution >= 4 is 35.9 Å². The molecule has 1 aliphatic heterocycles. The van der Waals surface area contributed by atoms with Gasteiger partial charge in [0.1, 0.15) is 11.3 Å². The van der Waals surface area contributed by atoms with E-state index in [-0.39, 0.29) is 24.0 Å². The summed E-state index contributed by atoms with van der Waals surface area (Å²) in [7, 11) is 2.90. The van der Waals surface area contributed by atoms with E-state index in [0.717, 1.165) is 31.2 Å². The second-order valence-corrected chi connectivity index (χ2v) is 6.53. The van der Waals surface area contributed by atoms with Crippen molar-refractivity contribution in [2.75, 3.05) is 40.4 Å². The summed E-state index contributed by atoms with van der Waals surface area (Å²) in [5, 5.41) is 6.73. The van der Waals surface area contributed by atoms with Gasteiger partial charge in [-0.1, -0.05) is 13.0 Å². The third-order valence-electron chi connectivity index (χ3n) is 4.84. The van der Waals surface area contributed by atoms with Crippen LogP contribution in [0.3, 0.4) is 0 Å². The molecule has 7 nitrogen and oxygen atoms in total. The molecule has 8 heteroatoms. The fraction of sp³-hybridized carbons (Fsp3) is 0.600. The van der Waals surface area contributed by atoms with Gasteiger partial charge in [0.25, 0.3) is 0 Å². The zero-order valence-corrected chi connectivity index (χ0v) is 19.6. The highest BCUT2D eigenvalue weighted by Gasteiger charge is 2.22. The number of methoxy groups -OCH3 is 2. The maximum absolute atomic E-state index is 11.9. The fourth-order valence-electron chi connectivity index (χ4n) is 3.39. The van der Waals surface area contributed by atoms with E-state index in [0.29, 0.717) is 23.9 Å². The maximum Gasteiger partial charge on any atom is 0.341 e. The Morgan fingerprint density at radius 3 is 2.71 bits per heavy atom. The first-order valence-electron chi connectivity index (χ1n) is 9.64. The van der Waals surface area contributed by atoms with Gasteiger partial charge in [-0.2, -0.15) is 0 Å². The van der Waals surface area contributed by atoms with Crippen molar-refractivity contribution in [2.45, 2.75) is 39.3 Å². The number of nitrogens with zero attached hydrogens (tertiary/aromatic N) is 2. The molecule has 0 aliphatic carbocycles. The molecule has 0 saturated carbocycles. The lowest BCUT2D eigenvalue weighted by Crippen LogP contribution is -2.44. The van der Waals surface area contributed by atoms with Gasteiger partial charge >= 0.3 is 5.97 Å². The number of rotatable bonds is 8. The molecule has 0 spiro atoms. The van der Waals surface area contributed by atoms with Crippen LogP contribution in [0.15, 0.2) is 23.2 Å². The summed E-state index contributed by atoms with van der Waals surface area (Å²) in [6.45, 7) is 8.67. The summed E-state index contributed by atoms with van der Waals surface area (Å²) in [6, 6.07) is 6.02. The van der Waals surface area contributed by atoms with Gasteiger partial charge in [-0.3, -0.25) is 4.90 Å². The number of likely N-dealkylation sites (tertiary alicyclic amines) is 1. The van der Waals surface area contributed by atoms with Crippen LogP contribution in [0, 0.1) is 0 Å². The Bertz CT molecular complexity index is 654. The number of guanidine groups is 1. The van der Waals surface area contributed by atoms with E-state index in [1.54, 1.807) is 12.1 Å². The average molecular weight is 504 g/mol. The van der Waals surface area contributed by atoms with Gasteiger partial charge in [-0.05, 0) is 50.6 Å².